The zero-order valence-electron chi connectivity index (χ0n) is 6.06. The third-order valence-corrected chi connectivity index (χ3v) is 2.10. The number of hydrogen-bond donors (Lipinski definition) is 1. The number of nitrogens with one attached hydrogen (secondary N) is 1. The molecule has 11 heavy (non-hydrogen) atoms. The van der Waals surface area contributed by atoms with Gasteiger partial charge in [0, 0.05) is 11.6 Å². The van der Waals surface area contributed by atoms with Crippen molar-refractivity contribution in [3.05, 3.63) is 28.6 Å². The van der Waals surface area contributed by atoms with E-state index in [0.29, 0.717) is 0 Å². The Labute approximate surface area is 72.8 Å². The van der Waals surface area contributed by atoms with Crippen LogP contribution in [0.15, 0.2) is 22.9 Å². The quantitative estimate of drug-likeness (QED) is 0.666. The van der Waals surface area contributed by atoms with Crippen molar-refractivity contribution in [1.82, 2.24) is 9.97 Å². The Morgan fingerprint density at radius 3 is 3.18 bits per heavy atom. The van der Waals surface area contributed by atoms with Gasteiger partial charge in [-0.2, -0.15) is 0 Å². The minimum Gasteiger partial charge on any atom is -0.360 e. The Morgan fingerprint density at radius 1 is 1.55 bits per heavy atom. The number of H-pyrrole nitrogens is 1. The van der Waals surface area contributed by atoms with Crippen molar-refractivity contribution in [2.75, 3.05) is 0 Å². The Bertz CT molecular complexity index is 392. The Morgan fingerprint density at radius 2 is 2.36 bits per heavy atom. The maximum absolute atomic E-state index is 4.26. The molecule has 0 atom stereocenters. The van der Waals surface area contributed by atoms with E-state index in [-0.39, 0.29) is 0 Å². The molecule has 0 aliphatic heterocycles. The van der Waals surface area contributed by atoms with Crippen LogP contribution in [0.1, 0.15) is 5.69 Å². The normalized spacial score (nSPS) is 10.7. The molecule has 0 unspecified atom stereocenters. The van der Waals surface area contributed by atoms with Crippen LogP contribution in [-0.2, 0) is 0 Å². The number of rotatable bonds is 0. The molecular formula is C8H7BrN2. The van der Waals surface area contributed by atoms with E-state index in [4.69, 9.17) is 0 Å². The molecule has 2 rings (SSSR count). The number of aromatic nitrogens is 2. The summed E-state index contributed by atoms with van der Waals surface area (Å²) in [6.07, 6.45) is 1.92. The Hall–Kier alpha value is -0.830. The van der Waals surface area contributed by atoms with E-state index in [0.717, 1.165) is 15.8 Å². The summed E-state index contributed by atoms with van der Waals surface area (Å²) in [6.45, 7) is 1.99. The van der Waals surface area contributed by atoms with Crippen LogP contribution in [0.25, 0.3) is 10.9 Å². The minimum atomic E-state index is 0.891. The summed E-state index contributed by atoms with van der Waals surface area (Å²) in [6, 6.07) is 4.04. The molecule has 0 aliphatic carbocycles. The summed E-state index contributed by atoms with van der Waals surface area (Å²) in [7, 11) is 0. The van der Waals surface area contributed by atoms with Crippen molar-refractivity contribution in [1.29, 1.82) is 0 Å². The molecule has 56 valence electrons. The molecule has 1 N–H and O–H groups in total. The average molecular weight is 211 g/mol. The molecule has 0 fully saturated rings. The van der Waals surface area contributed by atoms with Crippen LogP contribution in [0, 0.1) is 6.92 Å². The molecule has 0 saturated heterocycles. The zero-order chi connectivity index (χ0) is 7.84. The fourth-order valence-corrected chi connectivity index (χ4v) is 1.70. The summed E-state index contributed by atoms with van der Waals surface area (Å²) in [5.41, 5.74) is 2.15. The van der Waals surface area contributed by atoms with E-state index in [1.807, 2.05) is 25.3 Å². The summed E-state index contributed by atoms with van der Waals surface area (Å²) in [5.74, 6) is 0. The molecule has 0 spiro atoms. The van der Waals surface area contributed by atoms with E-state index in [1.165, 1.54) is 5.39 Å². The molecule has 0 radical (unpaired) electrons. The first kappa shape index (κ1) is 6.85. The first-order valence-electron chi connectivity index (χ1n) is 3.37. The van der Waals surface area contributed by atoms with Gasteiger partial charge in [0.2, 0.25) is 0 Å². The molecule has 0 bridgehead atoms. The van der Waals surface area contributed by atoms with E-state index in [2.05, 4.69) is 25.9 Å². The van der Waals surface area contributed by atoms with E-state index < -0.39 is 0 Å². The highest BCUT2D eigenvalue weighted by Crippen LogP contribution is 2.18. The summed E-state index contributed by atoms with van der Waals surface area (Å²) < 4.78 is 0.891. The fourth-order valence-electron chi connectivity index (χ4n) is 1.19. The van der Waals surface area contributed by atoms with Crippen LogP contribution in [-0.4, -0.2) is 9.97 Å². The molecule has 2 nitrogen and oxygen atoms in total. The van der Waals surface area contributed by atoms with Crippen LogP contribution in [0.4, 0.5) is 0 Å². The average Bonchev–Trinajstić information content (AvgIpc) is 2.34. The number of aromatic amines is 1. The molecule has 2 aromatic rings. The first-order chi connectivity index (χ1) is 5.27. The number of aryl methyl sites for hydroxylation is 1. The Kier molecular flexibility index (Phi) is 1.46. The molecular weight excluding hydrogens is 204 g/mol. The lowest BCUT2D eigenvalue weighted by Gasteiger charge is -1.95. The second-order valence-electron chi connectivity index (χ2n) is 2.47. The summed E-state index contributed by atoms with van der Waals surface area (Å²) in [5, 5.41) is 1.20. The second-order valence-corrected chi connectivity index (χ2v) is 3.28. The Balaban J connectivity index is 2.91. The van der Waals surface area contributed by atoms with Gasteiger partial charge in [-0.1, -0.05) is 0 Å². The number of fused-ring (bicyclic) bond motifs is 1. The van der Waals surface area contributed by atoms with Crippen LogP contribution < -0.4 is 0 Å². The van der Waals surface area contributed by atoms with Crippen molar-refractivity contribution in [3.63, 3.8) is 0 Å². The largest absolute Gasteiger partial charge is 0.360 e. The third-order valence-electron chi connectivity index (χ3n) is 1.69. The molecule has 2 heterocycles. The SMILES string of the molecule is Cc1nc(Br)cc2cc[nH]c12. The lowest BCUT2D eigenvalue weighted by Crippen LogP contribution is -1.82. The second kappa shape index (κ2) is 2.34. The van der Waals surface area contributed by atoms with E-state index in [9.17, 15) is 0 Å². The number of pyridine rings is 1. The first-order valence-corrected chi connectivity index (χ1v) is 4.17. The van der Waals surface area contributed by atoms with Crippen molar-refractivity contribution < 1.29 is 0 Å². The lowest BCUT2D eigenvalue weighted by molar-refractivity contribution is 1.19. The molecule has 0 saturated carbocycles. The van der Waals surface area contributed by atoms with Crippen molar-refractivity contribution >= 4 is 26.8 Å². The highest BCUT2D eigenvalue weighted by molar-refractivity contribution is 9.10. The smallest absolute Gasteiger partial charge is 0.107 e. The highest BCUT2D eigenvalue weighted by atomic mass is 79.9. The topological polar surface area (TPSA) is 28.7 Å². The van der Waals surface area contributed by atoms with Crippen molar-refractivity contribution in [2.24, 2.45) is 0 Å². The molecule has 0 amide bonds. The monoisotopic (exact) mass is 210 g/mol. The van der Waals surface area contributed by atoms with Crippen LogP contribution in [0.3, 0.4) is 0 Å². The predicted molar refractivity (Wildman–Crippen MR) is 48.5 cm³/mol. The predicted octanol–water partition coefficient (Wildman–Crippen LogP) is 2.63. The minimum absolute atomic E-state index is 0.891. The van der Waals surface area contributed by atoms with Gasteiger partial charge in [-0.15, -0.1) is 0 Å². The van der Waals surface area contributed by atoms with Crippen LogP contribution in [0.2, 0.25) is 0 Å². The van der Waals surface area contributed by atoms with Gasteiger partial charge in [0.05, 0.1) is 11.2 Å². The lowest BCUT2D eigenvalue weighted by atomic mass is 10.3. The number of hydrogen-bond acceptors (Lipinski definition) is 1. The van der Waals surface area contributed by atoms with Gasteiger partial charge in [-0.05, 0) is 35.0 Å². The molecule has 2 aromatic heterocycles. The number of nitrogens with zero attached hydrogens (tertiary/aromatic N) is 1. The van der Waals surface area contributed by atoms with Crippen LogP contribution in [0.5, 0.6) is 0 Å². The standard InChI is InChI=1S/C8H7BrN2/c1-5-8-6(2-3-10-8)4-7(9)11-5/h2-4,10H,1H3. The van der Waals surface area contributed by atoms with Gasteiger partial charge < -0.3 is 4.98 Å². The fraction of sp³-hybridized carbons (Fsp3) is 0.125. The molecule has 3 heteroatoms. The highest BCUT2D eigenvalue weighted by Gasteiger charge is 1.99. The third kappa shape index (κ3) is 1.05. The zero-order valence-corrected chi connectivity index (χ0v) is 7.64. The maximum Gasteiger partial charge on any atom is 0.107 e. The van der Waals surface area contributed by atoms with Gasteiger partial charge in [0.25, 0.3) is 0 Å². The van der Waals surface area contributed by atoms with Gasteiger partial charge in [-0.3, -0.25) is 0 Å². The van der Waals surface area contributed by atoms with Gasteiger partial charge >= 0.3 is 0 Å². The van der Waals surface area contributed by atoms with Gasteiger partial charge in [0.15, 0.2) is 0 Å². The van der Waals surface area contributed by atoms with E-state index >= 15 is 0 Å². The summed E-state index contributed by atoms with van der Waals surface area (Å²) >= 11 is 3.34. The van der Waals surface area contributed by atoms with Crippen molar-refractivity contribution in [2.45, 2.75) is 6.92 Å². The molecule has 0 aliphatic rings. The van der Waals surface area contributed by atoms with Gasteiger partial charge in [-0.25, -0.2) is 4.98 Å². The van der Waals surface area contributed by atoms with E-state index in [1.54, 1.807) is 0 Å². The molecule has 0 aromatic carbocycles. The van der Waals surface area contributed by atoms with Crippen molar-refractivity contribution in [3.8, 4) is 0 Å². The maximum atomic E-state index is 4.26. The summed E-state index contributed by atoms with van der Waals surface area (Å²) in [4.78, 5) is 7.39. The van der Waals surface area contributed by atoms with Crippen LogP contribution >= 0.6 is 15.9 Å². The number of halogens is 1. The van der Waals surface area contributed by atoms with Gasteiger partial charge in [0.1, 0.15) is 4.60 Å².